The number of hydrogen-bond acceptors (Lipinski definition) is 5. The maximum atomic E-state index is 12.5. The molecule has 0 aromatic heterocycles. The molecule has 0 saturated carbocycles. The van der Waals surface area contributed by atoms with E-state index in [2.05, 4.69) is 10.6 Å². The number of carbonyl (C=O) groups excluding carboxylic acids is 3. The maximum absolute atomic E-state index is 12.5. The Morgan fingerprint density at radius 1 is 0.941 bits per heavy atom. The number of anilines is 1. The second-order valence-electron chi connectivity index (χ2n) is 7.39. The zero-order valence-electron chi connectivity index (χ0n) is 19.0. The second-order valence-corrected chi connectivity index (χ2v) is 7.39. The van der Waals surface area contributed by atoms with Crippen molar-refractivity contribution in [3.05, 3.63) is 101 Å². The van der Waals surface area contributed by atoms with Crippen LogP contribution >= 0.6 is 0 Å². The third-order valence-corrected chi connectivity index (χ3v) is 4.76. The molecule has 34 heavy (non-hydrogen) atoms. The molecule has 0 bridgehead atoms. The molecule has 0 aliphatic carbocycles. The van der Waals surface area contributed by atoms with Gasteiger partial charge in [-0.3, -0.25) is 9.59 Å². The fraction of sp³-hybridized carbons (Fsp3) is 0.148. The standard InChI is InChI=1S/C27H26N2O5/c1-3-33-27(32)34-23-14-12-21(13-15-23)26(31)28-18-22-9-4-5-10-24(22)29-25(30)16-11-20-8-6-7-19(2)17-20/h4-17H,3,18H2,1-2H3,(H,28,31)(H,29,30)/b16-11+. The van der Waals surface area contributed by atoms with Gasteiger partial charge in [0.2, 0.25) is 5.91 Å². The summed E-state index contributed by atoms with van der Waals surface area (Å²) in [6, 6.07) is 21.2. The van der Waals surface area contributed by atoms with E-state index in [9.17, 15) is 14.4 Å². The molecule has 0 aliphatic rings. The number of carbonyl (C=O) groups is 3. The zero-order chi connectivity index (χ0) is 24.3. The highest BCUT2D eigenvalue weighted by atomic mass is 16.7. The minimum atomic E-state index is -0.799. The van der Waals surface area contributed by atoms with Gasteiger partial charge in [-0.1, -0.05) is 48.0 Å². The van der Waals surface area contributed by atoms with Gasteiger partial charge in [0.1, 0.15) is 5.75 Å². The summed E-state index contributed by atoms with van der Waals surface area (Å²) in [7, 11) is 0. The highest BCUT2D eigenvalue weighted by Crippen LogP contribution is 2.17. The van der Waals surface area contributed by atoms with Gasteiger partial charge in [-0.25, -0.2) is 4.79 Å². The van der Waals surface area contributed by atoms with Gasteiger partial charge in [0.05, 0.1) is 6.61 Å². The van der Waals surface area contributed by atoms with Crippen LogP contribution in [-0.4, -0.2) is 24.6 Å². The molecule has 0 heterocycles. The summed E-state index contributed by atoms with van der Waals surface area (Å²) in [4.78, 5) is 36.3. The van der Waals surface area contributed by atoms with Crippen molar-refractivity contribution < 1.29 is 23.9 Å². The van der Waals surface area contributed by atoms with Gasteiger partial charge in [-0.05, 0) is 61.4 Å². The van der Waals surface area contributed by atoms with E-state index >= 15 is 0 Å². The van der Waals surface area contributed by atoms with Crippen molar-refractivity contribution in [2.75, 3.05) is 11.9 Å². The third kappa shape index (κ3) is 7.34. The van der Waals surface area contributed by atoms with Crippen molar-refractivity contribution in [1.82, 2.24) is 5.32 Å². The first kappa shape index (κ1) is 24.3. The number of aryl methyl sites for hydroxylation is 1. The Morgan fingerprint density at radius 2 is 1.71 bits per heavy atom. The van der Waals surface area contributed by atoms with E-state index in [1.54, 1.807) is 31.2 Å². The van der Waals surface area contributed by atoms with E-state index in [-0.39, 0.29) is 30.7 Å². The summed E-state index contributed by atoms with van der Waals surface area (Å²) in [5.41, 5.74) is 3.83. The van der Waals surface area contributed by atoms with Gasteiger partial charge < -0.3 is 20.1 Å². The van der Waals surface area contributed by atoms with Crippen LogP contribution in [0.25, 0.3) is 6.08 Å². The third-order valence-electron chi connectivity index (χ3n) is 4.76. The molecule has 0 atom stereocenters. The lowest BCUT2D eigenvalue weighted by atomic mass is 10.1. The Hall–Kier alpha value is -4.39. The molecule has 0 radical (unpaired) electrons. The van der Waals surface area contributed by atoms with E-state index < -0.39 is 6.16 Å². The lowest BCUT2D eigenvalue weighted by Crippen LogP contribution is -2.23. The van der Waals surface area contributed by atoms with Crippen LogP contribution in [0, 0.1) is 6.92 Å². The van der Waals surface area contributed by atoms with Crippen LogP contribution < -0.4 is 15.4 Å². The molecular weight excluding hydrogens is 432 g/mol. The lowest BCUT2D eigenvalue weighted by molar-refractivity contribution is -0.111. The molecule has 7 heteroatoms. The first-order chi connectivity index (χ1) is 16.4. The molecule has 2 N–H and O–H groups in total. The number of rotatable bonds is 8. The summed E-state index contributed by atoms with van der Waals surface area (Å²) in [6.07, 6.45) is 2.43. The number of para-hydroxylation sites is 1. The highest BCUT2D eigenvalue weighted by molar-refractivity contribution is 6.02. The summed E-state index contributed by atoms with van der Waals surface area (Å²) in [5.74, 6) is -0.289. The Balaban J connectivity index is 1.58. The zero-order valence-corrected chi connectivity index (χ0v) is 19.0. The van der Waals surface area contributed by atoms with Crippen LogP contribution in [0.4, 0.5) is 10.5 Å². The minimum absolute atomic E-state index is 0.213. The molecule has 3 aromatic rings. The predicted molar refractivity (Wildman–Crippen MR) is 131 cm³/mol. The SMILES string of the molecule is CCOC(=O)Oc1ccc(C(=O)NCc2ccccc2NC(=O)/C=C/c2cccc(C)c2)cc1. The first-order valence-electron chi connectivity index (χ1n) is 10.8. The molecular formula is C27H26N2O5. The van der Waals surface area contributed by atoms with E-state index in [0.29, 0.717) is 11.3 Å². The lowest BCUT2D eigenvalue weighted by Gasteiger charge is -2.11. The molecule has 0 unspecified atom stereocenters. The molecule has 3 rings (SSSR count). The number of ether oxygens (including phenoxy) is 2. The molecule has 2 amide bonds. The number of benzene rings is 3. The van der Waals surface area contributed by atoms with E-state index in [1.165, 1.54) is 18.2 Å². The largest absolute Gasteiger partial charge is 0.513 e. The van der Waals surface area contributed by atoms with Crippen molar-refractivity contribution in [2.24, 2.45) is 0 Å². The van der Waals surface area contributed by atoms with Gasteiger partial charge in [0.25, 0.3) is 5.91 Å². The number of hydrogen-bond donors (Lipinski definition) is 2. The fourth-order valence-corrected chi connectivity index (χ4v) is 3.11. The van der Waals surface area contributed by atoms with Gasteiger partial charge in [0, 0.05) is 23.9 Å². The van der Waals surface area contributed by atoms with E-state index in [4.69, 9.17) is 9.47 Å². The fourth-order valence-electron chi connectivity index (χ4n) is 3.11. The predicted octanol–water partition coefficient (Wildman–Crippen LogP) is 5.11. The van der Waals surface area contributed by atoms with Crippen LogP contribution in [0.3, 0.4) is 0 Å². The Morgan fingerprint density at radius 3 is 2.44 bits per heavy atom. The molecule has 0 spiro atoms. The average Bonchev–Trinajstić information content (AvgIpc) is 2.83. The smallest absolute Gasteiger partial charge is 0.434 e. The van der Waals surface area contributed by atoms with Crippen molar-refractivity contribution in [3.63, 3.8) is 0 Å². The molecule has 0 saturated heterocycles. The summed E-state index contributed by atoms with van der Waals surface area (Å²) in [5, 5.41) is 5.69. The van der Waals surface area contributed by atoms with Crippen molar-refractivity contribution >= 4 is 29.7 Å². The van der Waals surface area contributed by atoms with Crippen LogP contribution in [0.2, 0.25) is 0 Å². The second kappa shape index (κ2) is 12.0. The molecule has 7 nitrogen and oxygen atoms in total. The quantitative estimate of drug-likeness (QED) is 0.278. The summed E-state index contributed by atoms with van der Waals surface area (Å²) in [6.45, 7) is 4.11. The van der Waals surface area contributed by atoms with Crippen LogP contribution in [0.1, 0.15) is 34.0 Å². The average molecular weight is 459 g/mol. The molecule has 0 aliphatic heterocycles. The number of nitrogens with one attached hydrogen (secondary N) is 2. The van der Waals surface area contributed by atoms with Gasteiger partial charge >= 0.3 is 6.16 Å². The van der Waals surface area contributed by atoms with Crippen molar-refractivity contribution in [1.29, 1.82) is 0 Å². The van der Waals surface area contributed by atoms with Gasteiger partial charge in [-0.15, -0.1) is 0 Å². The maximum Gasteiger partial charge on any atom is 0.513 e. The minimum Gasteiger partial charge on any atom is -0.434 e. The van der Waals surface area contributed by atoms with Crippen LogP contribution in [-0.2, 0) is 16.1 Å². The number of amides is 2. The van der Waals surface area contributed by atoms with Gasteiger partial charge in [0.15, 0.2) is 0 Å². The first-order valence-corrected chi connectivity index (χ1v) is 10.8. The Kier molecular flexibility index (Phi) is 8.57. The summed E-state index contributed by atoms with van der Waals surface area (Å²) < 4.78 is 9.70. The molecule has 0 fully saturated rings. The van der Waals surface area contributed by atoms with Crippen molar-refractivity contribution in [3.8, 4) is 5.75 Å². The topological polar surface area (TPSA) is 93.7 Å². The van der Waals surface area contributed by atoms with E-state index in [0.717, 1.165) is 16.7 Å². The summed E-state index contributed by atoms with van der Waals surface area (Å²) >= 11 is 0. The Labute approximate surface area is 198 Å². The van der Waals surface area contributed by atoms with Crippen LogP contribution in [0.5, 0.6) is 5.75 Å². The van der Waals surface area contributed by atoms with E-state index in [1.807, 2.05) is 49.4 Å². The normalized spacial score (nSPS) is 10.5. The van der Waals surface area contributed by atoms with Crippen molar-refractivity contribution in [2.45, 2.75) is 20.4 Å². The Bertz CT molecular complexity index is 1190. The van der Waals surface area contributed by atoms with Crippen LogP contribution in [0.15, 0.2) is 78.9 Å². The van der Waals surface area contributed by atoms with Gasteiger partial charge in [-0.2, -0.15) is 0 Å². The highest BCUT2D eigenvalue weighted by Gasteiger charge is 2.10. The molecule has 3 aromatic carbocycles. The monoisotopic (exact) mass is 458 g/mol. The molecule has 174 valence electrons.